The van der Waals surface area contributed by atoms with E-state index < -0.39 is 23.3 Å². The standard InChI is InChI=1S/C25H18BrF3N6O2/c1-14-21(24(37)35(33(14)2)17-6-4-3-5-7-17)32-23(36)18-13-30-34-20(25(27,28)29)12-19(31-22(18)34)15-8-10-16(26)11-9-15/h3-13H,1-2H3,(H,32,36). The number of amides is 1. The van der Waals surface area contributed by atoms with Gasteiger partial charge in [-0.15, -0.1) is 0 Å². The SMILES string of the molecule is Cc1c(NC(=O)c2cnn3c(C(F)(F)F)cc(-c4ccc(Br)cc4)nc23)c(=O)n(-c2ccccc2)n1C. The molecular weight excluding hydrogens is 553 g/mol. The minimum absolute atomic E-state index is 0.00388. The number of rotatable bonds is 4. The number of nitrogens with zero attached hydrogens (tertiary/aromatic N) is 5. The third kappa shape index (κ3) is 4.33. The van der Waals surface area contributed by atoms with Crippen molar-refractivity contribution in [1.29, 1.82) is 0 Å². The van der Waals surface area contributed by atoms with Crippen LogP contribution in [0.5, 0.6) is 0 Å². The van der Waals surface area contributed by atoms with Gasteiger partial charge in [0.25, 0.3) is 11.5 Å². The number of carbonyl (C=O) groups is 1. The fourth-order valence-corrected chi connectivity index (χ4v) is 4.25. The average molecular weight is 571 g/mol. The van der Waals surface area contributed by atoms with Crippen LogP contribution in [0, 0.1) is 6.92 Å². The number of aromatic nitrogens is 5. The molecule has 0 radical (unpaired) electrons. The van der Waals surface area contributed by atoms with E-state index in [1.54, 1.807) is 67.2 Å². The molecule has 0 spiro atoms. The van der Waals surface area contributed by atoms with E-state index in [9.17, 15) is 22.8 Å². The summed E-state index contributed by atoms with van der Waals surface area (Å²) in [5.74, 6) is -0.811. The molecule has 0 aliphatic heterocycles. The zero-order chi connectivity index (χ0) is 26.5. The summed E-state index contributed by atoms with van der Waals surface area (Å²) in [4.78, 5) is 30.7. The van der Waals surface area contributed by atoms with E-state index in [1.807, 2.05) is 6.07 Å². The highest BCUT2D eigenvalue weighted by molar-refractivity contribution is 9.10. The number of carbonyl (C=O) groups excluding carboxylic acids is 1. The van der Waals surface area contributed by atoms with Gasteiger partial charge in [0, 0.05) is 17.1 Å². The molecule has 8 nitrogen and oxygen atoms in total. The number of fused-ring (bicyclic) bond motifs is 1. The van der Waals surface area contributed by atoms with Crippen LogP contribution in [0.4, 0.5) is 18.9 Å². The average Bonchev–Trinajstić information content (AvgIpc) is 3.38. The summed E-state index contributed by atoms with van der Waals surface area (Å²) < 4.78 is 46.0. The molecular formula is C25H18BrF3N6O2. The molecule has 37 heavy (non-hydrogen) atoms. The predicted molar refractivity (Wildman–Crippen MR) is 135 cm³/mol. The second-order valence-electron chi connectivity index (χ2n) is 8.22. The van der Waals surface area contributed by atoms with E-state index in [-0.39, 0.29) is 22.6 Å². The monoisotopic (exact) mass is 570 g/mol. The molecule has 12 heteroatoms. The molecule has 0 aliphatic carbocycles. The van der Waals surface area contributed by atoms with Crippen LogP contribution in [0.15, 0.2) is 76.1 Å². The van der Waals surface area contributed by atoms with Gasteiger partial charge in [0.1, 0.15) is 11.3 Å². The molecule has 1 amide bonds. The molecule has 2 aromatic carbocycles. The van der Waals surface area contributed by atoms with Gasteiger partial charge in [-0.3, -0.25) is 14.3 Å². The molecule has 5 aromatic rings. The Balaban J connectivity index is 1.61. The number of hydrogen-bond donors (Lipinski definition) is 1. The van der Waals surface area contributed by atoms with Gasteiger partial charge in [0.15, 0.2) is 11.3 Å². The van der Waals surface area contributed by atoms with E-state index in [4.69, 9.17) is 0 Å². The molecule has 0 saturated carbocycles. The summed E-state index contributed by atoms with van der Waals surface area (Å²) in [6.45, 7) is 1.65. The molecule has 0 saturated heterocycles. The third-order valence-electron chi connectivity index (χ3n) is 5.94. The normalized spacial score (nSPS) is 11.7. The maximum atomic E-state index is 13.9. The molecule has 0 fully saturated rings. The first-order valence-corrected chi connectivity index (χ1v) is 11.7. The first-order valence-electron chi connectivity index (χ1n) is 10.9. The number of halogens is 4. The van der Waals surface area contributed by atoms with Gasteiger partial charge in [-0.25, -0.2) is 14.2 Å². The lowest BCUT2D eigenvalue weighted by Gasteiger charge is -2.11. The minimum Gasteiger partial charge on any atom is -0.316 e. The molecule has 3 aromatic heterocycles. The molecule has 5 rings (SSSR count). The fraction of sp³-hybridized carbons (Fsp3) is 0.120. The summed E-state index contributed by atoms with van der Waals surface area (Å²) in [5, 5.41) is 6.34. The number of alkyl halides is 3. The van der Waals surface area contributed by atoms with Crippen LogP contribution in [-0.2, 0) is 13.2 Å². The van der Waals surface area contributed by atoms with Crippen molar-refractivity contribution in [1.82, 2.24) is 24.0 Å². The molecule has 0 unspecified atom stereocenters. The fourth-order valence-electron chi connectivity index (χ4n) is 3.99. The van der Waals surface area contributed by atoms with Gasteiger partial charge in [0.05, 0.1) is 23.3 Å². The van der Waals surface area contributed by atoms with Crippen LogP contribution in [0.2, 0.25) is 0 Å². The highest BCUT2D eigenvalue weighted by Gasteiger charge is 2.36. The van der Waals surface area contributed by atoms with Crippen LogP contribution >= 0.6 is 15.9 Å². The Bertz CT molecular complexity index is 1700. The van der Waals surface area contributed by atoms with Crippen molar-refractivity contribution in [2.75, 3.05) is 5.32 Å². The lowest BCUT2D eigenvalue weighted by Crippen LogP contribution is -2.23. The number of benzene rings is 2. The van der Waals surface area contributed by atoms with E-state index in [1.165, 1.54) is 4.68 Å². The maximum Gasteiger partial charge on any atom is 0.433 e. The molecule has 3 heterocycles. The predicted octanol–water partition coefficient (Wildman–Crippen LogP) is 5.23. The topological polar surface area (TPSA) is 86.2 Å². The summed E-state index contributed by atoms with van der Waals surface area (Å²) in [7, 11) is 1.66. The van der Waals surface area contributed by atoms with Crippen LogP contribution in [0.1, 0.15) is 21.7 Å². The quantitative estimate of drug-likeness (QED) is 0.320. The Hall–Kier alpha value is -4.19. The molecule has 1 N–H and O–H groups in total. The second kappa shape index (κ2) is 9.04. The lowest BCUT2D eigenvalue weighted by molar-refractivity contribution is -0.142. The van der Waals surface area contributed by atoms with E-state index in [0.717, 1.165) is 16.7 Å². The van der Waals surface area contributed by atoms with Gasteiger partial charge in [-0.05, 0) is 37.3 Å². The Kier molecular flexibility index (Phi) is 5.98. The summed E-state index contributed by atoms with van der Waals surface area (Å²) in [6, 6.07) is 16.3. The molecule has 188 valence electrons. The minimum atomic E-state index is -4.76. The number of hydrogen-bond acceptors (Lipinski definition) is 4. The van der Waals surface area contributed by atoms with Crippen LogP contribution in [0.3, 0.4) is 0 Å². The third-order valence-corrected chi connectivity index (χ3v) is 6.47. The van der Waals surface area contributed by atoms with Gasteiger partial charge in [-0.1, -0.05) is 46.3 Å². The van der Waals surface area contributed by atoms with Crippen molar-refractivity contribution in [2.24, 2.45) is 7.05 Å². The molecule has 0 bridgehead atoms. The van der Waals surface area contributed by atoms with Crippen molar-refractivity contribution in [3.63, 3.8) is 0 Å². The van der Waals surface area contributed by atoms with Crippen molar-refractivity contribution < 1.29 is 18.0 Å². The Morgan fingerprint density at radius 3 is 2.38 bits per heavy atom. The first kappa shape index (κ1) is 24.5. The van der Waals surface area contributed by atoms with Gasteiger partial charge in [-0.2, -0.15) is 18.3 Å². The first-order chi connectivity index (χ1) is 17.6. The smallest absolute Gasteiger partial charge is 0.316 e. The lowest BCUT2D eigenvalue weighted by atomic mass is 10.1. The summed E-state index contributed by atoms with van der Waals surface area (Å²) >= 11 is 3.30. The van der Waals surface area contributed by atoms with E-state index in [0.29, 0.717) is 21.5 Å². The number of para-hydroxylation sites is 1. The van der Waals surface area contributed by atoms with Gasteiger partial charge >= 0.3 is 6.18 Å². The highest BCUT2D eigenvalue weighted by atomic mass is 79.9. The van der Waals surface area contributed by atoms with Crippen LogP contribution < -0.4 is 10.9 Å². The van der Waals surface area contributed by atoms with Crippen LogP contribution in [-0.4, -0.2) is 29.9 Å². The van der Waals surface area contributed by atoms with Crippen molar-refractivity contribution in [2.45, 2.75) is 13.1 Å². The Morgan fingerprint density at radius 2 is 1.73 bits per heavy atom. The number of anilines is 1. The van der Waals surface area contributed by atoms with Gasteiger partial charge < -0.3 is 5.32 Å². The number of nitrogens with one attached hydrogen (secondary N) is 1. The Labute approximate surface area is 216 Å². The summed E-state index contributed by atoms with van der Waals surface area (Å²) in [6.07, 6.45) is -3.75. The van der Waals surface area contributed by atoms with Crippen LogP contribution in [0.25, 0.3) is 22.6 Å². The van der Waals surface area contributed by atoms with E-state index >= 15 is 0 Å². The van der Waals surface area contributed by atoms with Gasteiger partial charge in [0.2, 0.25) is 0 Å². The zero-order valence-electron chi connectivity index (χ0n) is 19.4. The zero-order valence-corrected chi connectivity index (χ0v) is 21.0. The van der Waals surface area contributed by atoms with Crippen molar-refractivity contribution in [3.8, 4) is 16.9 Å². The molecule has 0 atom stereocenters. The highest BCUT2D eigenvalue weighted by Crippen LogP contribution is 2.33. The van der Waals surface area contributed by atoms with Crippen molar-refractivity contribution >= 4 is 33.2 Å². The summed E-state index contributed by atoms with van der Waals surface area (Å²) in [5.41, 5.74) is -0.593. The van der Waals surface area contributed by atoms with E-state index in [2.05, 4.69) is 31.3 Å². The molecule has 0 aliphatic rings. The maximum absolute atomic E-state index is 13.9. The largest absolute Gasteiger partial charge is 0.433 e. The Morgan fingerprint density at radius 1 is 1.05 bits per heavy atom. The van der Waals surface area contributed by atoms with Crippen molar-refractivity contribution in [3.05, 3.63) is 98.6 Å². The second-order valence-corrected chi connectivity index (χ2v) is 9.13.